The molecule has 0 saturated carbocycles. The van der Waals surface area contributed by atoms with Crippen LogP contribution in [0.4, 0.5) is 5.13 Å². The second kappa shape index (κ2) is 8.46. The summed E-state index contributed by atoms with van der Waals surface area (Å²) in [6, 6.07) is 6.45. The predicted molar refractivity (Wildman–Crippen MR) is 99.6 cm³/mol. The molecule has 1 atom stereocenters. The highest BCUT2D eigenvalue weighted by molar-refractivity contribution is 7.93. The van der Waals surface area contributed by atoms with Crippen LogP contribution in [0.5, 0.6) is 5.06 Å². The second-order valence-corrected chi connectivity index (χ2v) is 8.30. The summed E-state index contributed by atoms with van der Waals surface area (Å²) in [7, 11) is -3.82. The van der Waals surface area contributed by atoms with Crippen molar-refractivity contribution in [3.63, 3.8) is 0 Å². The summed E-state index contributed by atoms with van der Waals surface area (Å²) in [6.45, 7) is 5.46. The van der Waals surface area contributed by atoms with Gasteiger partial charge in [-0.2, -0.15) is 0 Å². The Bertz CT molecular complexity index is 847. The van der Waals surface area contributed by atoms with Crippen LogP contribution in [0.1, 0.15) is 30.6 Å². The smallest absolute Gasteiger partial charge is 0.312 e. The lowest BCUT2D eigenvalue weighted by atomic mass is 10.1. The zero-order valence-corrected chi connectivity index (χ0v) is 15.8. The molecular formula is C16H17ClN2O4S2. The summed E-state index contributed by atoms with van der Waals surface area (Å²) in [5.41, 5.74) is 0.526. The van der Waals surface area contributed by atoms with Gasteiger partial charge in [0.1, 0.15) is 5.25 Å². The number of esters is 1. The fourth-order valence-corrected chi connectivity index (χ4v) is 4.37. The van der Waals surface area contributed by atoms with Crippen molar-refractivity contribution >= 4 is 44.1 Å². The van der Waals surface area contributed by atoms with E-state index < -0.39 is 15.3 Å². The van der Waals surface area contributed by atoms with Crippen LogP contribution in [0, 0.1) is 0 Å². The fraction of sp³-hybridized carbons (Fsp3) is 0.250. The molecule has 0 fully saturated rings. The average molecular weight is 401 g/mol. The number of sulfonamides is 1. The number of ether oxygens (including phenoxy) is 1. The minimum Gasteiger partial charge on any atom is -0.414 e. The molecule has 25 heavy (non-hydrogen) atoms. The van der Waals surface area contributed by atoms with Crippen LogP contribution in [-0.2, 0) is 14.8 Å². The Balaban J connectivity index is 2.14. The molecule has 0 saturated heterocycles. The molecular weight excluding hydrogens is 384 g/mol. The topological polar surface area (TPSA) is 85.4 Å². The van der Waals surface area contributed by atoms with Crippen LogP contribution in [-0.4, -0.2) is 19.4 Å². The van der Waals surface area contributed by atoms with Crippen molar-refractivity contribution < 1.29 is 17.9 Å². The van der Waals surface area contributed by atoms with Gasteiger partial charge in [0.05, 0.1) is 6.20 Å². The number of hydrogen-bond acceptors (Lipinski definition) is 6. The maximum absolute atomic E-state index is 12.6. The lowest BCUT2D eigenvalue weighted by Crippen LogP contribution is -2.19. The van der Waals surface area contributed by atoms with E-state index >= 15 is 0 Å². The van der Waals surface area contributed by atoms with Crippen LogP contribution in [0.25, 0.3) is 0 Å². The van der Waals surface area contributed by atoms with Gasteiger partial charge >= 0.3 is 5.97 Å². The molecule has 1 aromatic heterocycles. The number of nitrogens with one attached hydrogen (secondary N) is 1. The molecule has 0 aliphatic carbocycles. The van der Waals surface area contributed by atoms with E-state index in [2.05, 4.69) is 16.3 Å². The first-order valence-electron chi connectivity index (χ1n) is 7.42. The third-order valence-corrected chi connectivity index (χ3v) is 5.91. The van der Waals surface area contributed by atoms with Gasteiger partial charge in [0.25, 0.3) is 0 Å². The predicted octanol–water partition coefficient (Wildman–Crippen LogP) is 4.17. The molecule has 0 aliphatic rings. The zero-order chi connectivity index (χ0) is 18.4. The fourth-order valence-electron chi connectivity index (χ4n) is 2.00. The molecule has 2 rings (SSSR count). The molecule has 0 radical (unpaired) electrons. The van der Waals surface area contributed by atoms with Gasteiger partial charge in [0, 0.05) is 11.4 Å². The van der Waals surface area contributed by atoms with Crippen molar-refractivity contribution in [3.05, 3.63) is 53.7 Å². The number of rotatable bonds is 8. The molecule has 1 heterocycles. The van der Waals surface area contributed by atoms with Crippen molar-refractivity contribution in [1.82, 2.24) is 4.98 Å². The Morgan fingerprint density at radius 2 is 2.12 bits per heavy atom. The van der Waals surface area contributed by atoms with Crippen LogP contribution in [0.2, 0.25) is 5.02 Å². The minimum absolute atomic E-state index is 0.111. The Kier molecular flexibility index (Phi) is 6.57. The molecule has 9 heteroatoms. The number of hydrogen-bond donors (Lipinski definition) is 1. The molecule has 1 N–H and O–H groups in total. The van der Waals surface area contributed by atoms with E-state index in [1.807, 2.05) is 6.92 Å². The lowest BCUT2D eigenvalue weighted by Gasteiger charge is -2.14. The van der Waals surface area contributed by atoms with Crippen molar-refractivity contribution in [2.24, 2.45) is 0 Å². The first-order valence-corrected chi connectivity index (χ1v) is 10.2. The molecule has 0 bridgehead atoms. The van der Waals surface area contributed by atoms with Crippen LogP contribution >= 0.6 is 22.9 Å². The number of nitrogens with zero attached hydrogens (tertiary/aromatic N) is 1. The number of anilines is 1. The molecule has 2 aromatic rings. The molecule has 0 amide bonds. The average Bonchev–Trinajstić information content (AvgIpc) is 2.96. The van der Waals surface area contributed by atoms with Gasteiger partial charge in [-0.3, -0.25) is 9.52 Å². The highest BCUT2D eigenvalue weighted by Crippen LogP contribution is 2.31. The number of aromatic nitrogens is 1. The highest BCUT2D eigenvalue weighted by Gasteiger charge is 2.25. The molecule has 0 spiro atoms. The maximum atomic E-state index is 12.6. The van der Waals surface area contributed by atoms with Crippen LogP contribution < -0.4 is 9.46 Å². The summed E-state index contributed by atoms with van der Waals surface area (Å²) in [5, 5.41) is -0.118. The molecule has 1 aromatic carbocycles. The Labute approximate surface area is 155 Å². The number of halogens is 1. The summed E-state index contributed by atoms with van der Waals surface area (Å²) in [4.78, 5) is 15.4. The van der Waals surface area contributed by atoms with E-state index in [9.17, 15) is 13.2 Å². The summed E-state index contributed by atoms with van der Waals surface area (Å²) in [6.07, 6.45) is 3.58. The van der Waals surface area contributed by atoms with E-state index in [0.29, 0.717) is 17.0 Å². The molecule has 1 unspecified atom stereocenters. The van der Waals surface area contributed by atoms with Gasteiger partial charge in [0.15, 0.2) is 5.13 Å². The standard InChI is InChI=1S/C16H17ClN2O4S2/c1-3-5-14(20)23-15-10-18-16(24-15)19-25(21,22)13(4-2)11-6-8-12(17)9-7-11/h4,6-10,13H,2-3,5H2,1H3,(H,18,19). The molecule has 134 valence electrons. The maximum Gasteiger partial charge on any atom is 0.312 e. The van der Waals surface area contributed by atoms with Gasteiger partial charge < -0.3 is 4.74 Å². The van der Waals surface area contributed by atoms with Gasteiger partial charge in [-0.1, -0.05) is 48.1 Å². The first-order chi connectivity index (χ1) is 11.9. The van der Waals surface area contributed by atoms with Crippen molar-refractivity contribution in [2.45, 2.75) is 25.0 Å². The van der Waals surface area contributed by atoms with Gasteiger partial charge in [-0.05, 0) is 24.1 Å². The van der Waals surface area contributed by atoms with E-state index in [1.54, 1.807) is 24.3 Å². The summed E-state index contributed by atoms with van der Waals surface area (Å²) < 4.78 is 32.7. The Morgan fingerprint density at radius 1 is 1.44 bits per heavy atom. The highest BCUT2D eigenvalue weighted by atomic mass is 35.5. The third-order valence-electron chi connectivity index (χ3n) is 3.13. The van der Waals surface area contributed by atoms with E-state index in [1.165, 1.54) is 12.3 Å². The Morgan fingerprint density at radius 3 is 2.72 bits per heavy atom. The third kappa shape index (κ3) is 5.29. The quantitative estimate of drug-likeness (QED) is 0.530. The minimum atomic E-state index is -3.82. The van der Waals surface area contributed by atoms with Gasteiger partial charge in [0.2, 0.25) is 15.1 Å². The number of thiazole rings is 1. The number of carbonyl (C=O) groups excluding carboxylic acids is 1. The SMILES string of the molecule is C=CC(c1ccc(Cl)cc1)S(=O)(=O)Nc1ncc(OC(=O)CCC)s1. The molecule has 0 aliphatic heterocycles. The van der Waals surface area contributed by atoms with Crippen molar-refractivity contribution in [3.8, 4) is 5.06 Å². The Hall–Kier alpha value is -1.90. The zero-order valence-electron chi connectivity index (χ0n) is 13.4. The van der Waals surface area contributed by atoms with E-state index in [4.69, 9.17) is 16.3 Å². The lowest BCUT2D eigenvalue weighted by molar-refractivity contribution is -0.134. The van der Waals surface area contributed by atoms with Crippen molar-refractivity contribution in [1.29, 1.82) is 0 Å². The largest absolute Gasteiger partial charge is 0.414 e. The van der Waals surface area contributed by atoms with E-state index in [-0.39, 0.29) is 22.6 Å². The second-order valence-electron chi connectivity index (χ2n) is 5.06. The molecule has 6 nitrogen and oxygen atoms in total. The number of benzene rings is 1. The van der Waals surface area contributed by atoms with Gasteiger partial charge in [-0.25, -0.2) is 13.4 Å². The normalized spacial score (nSPS) is 12.4. The summed E-state index contributed by atoms with van der Waals surface area (Å²) >= 11 is 6.77. The number of carbonyl (C=O) groups is 1. The monoisotopic (exact) mass is 400 g/mol. The first kappa shape index (κ1) is 19.4. The van der Waals surface area contributed by atoms with E-state index in [0.717, 1.165) is 11.3 Å². The summed E-state index contributed by atoms with van der Waals surface area (Å²) in [5.74, 6) is -0.384. The van der Waals surface area contributed by atoms with Gasteiger partial charge in [-0.15, -0.1) is 6.58 Å². The van der Waals surface area contributed by atoms with Crippen molar-refractivity contribution in [2.75, 3.05) is 4.72 Å². The van der Waals surface area contributed by atoms with Crippen LogP contribution in [0.3, 0.4) is 0 Å². The van der Waals surface area contributed by atoms with Crippen LogP contribution in [0.15, 0.2) is 43.1 Å².